The molecule has 2 rings (SSSR count). The van der Waals surface area contributed by atoms with Crippen LogP contribution in [0.25, 0.3) is 10.8 Å². The molecule has 0 bridgehead atoms. The highest BCUT2D eigenvalue weighted by Crippen LogP contribution is 2.21. The molecule has 0 aliphatic heterocycles. The fourth-order valence-electron chi connectivity index (χ4n) is 2.17. The molecule has 0 saturated carbocycles. The van der Waals surface area contributed by atoms with E-state index in [1.807, 2.05) is 13.8 Å². The molecule has 5 nitrogen and oxygen atoms in total. The number of benzene rings is 1. The van der Waals surface area contributed by atoms with E-state index < -0.39 is 11.9 Å². The molecule has 0 aliphatic rings. The molecular weight excluding hydrogens is 256 g/mol. The lowest BCUT2D eigenvalue weighted by molar-refractivity contribution is -0.138. The number of rotatable bonds is 4. The van der Waals surface area contributed by atoms with Crippen molar-refractivity contribution in [1.29, 1.82) is 0 Å². The number of carboxylic acid groups (broad SMARTS) is 1. The van der Waals surface area contributed by atoms with Crippen LogP contribution in [-0.4, -0.2) is 20.9 Å². The number of aliphatic carboxylic acids is 1. The quantitative estimate of drug-likeness (QED) is 0.928. The molecule has 1 aromatic carbocycles. The van der Waals surface area contributed by atoms with Crippen molar-refractivity contribution in [2.45, 2.75) is 33.2 Å². The highest BCUT2D eigenvalue weighted by molar-refractivity contribution is 5.88. The Bertz CT molecular complexity index is 704. The van der Waals surface area contributed by atoms with Gasteiger partial charge in [0.2, 0.25) is 0 Å². The standard InChI is InChI=1S/C15H18N2O3/c1-9(2)8-17-14(18)12-7-5-4-6-11(12)13(16-17)10(3)15(19)20/h4-7,9-10H,8H2,1-3H3,(H,19,20). The van der Waals surface area contributed by atoms with Crippen LogP contribution in [0.1, 0.15) is 32.4 Å². The summed E-state index contributed by atoms with van der Waals surface area (Å²) in [5, 5.41) is 14.6. The van der Waals surface area contributed by atoms with E-state index in [4.69, 9.17) is 0 Å². The van der Waals surface area contributed by atoms with Crippen LogP contribution in [0, 0.1) is 5.92 Å². The lowest BCUT2D eigenvalue weighted by Crippen LogP contribution is -2.28. The van der Waals surface area contributed by atoms with Crippen LogP contribution < -0.4 is 5.56 Å². The van der Waals surface area contributed by atoms with Gasteiger partial charge in [-0.25, -0.2) is 4.68 Å². The second kappa shape index (κ2) is 5.45. The zero-order chi connectivity index (χ0) is 14.9. The predicted molar refractivity (Wildman–Crippen MR) is 76.9 cm³/mol. The number of carboxylic acids is 1. The molecule has 1 aromatic heterocycles. The average molecular weight is 274 g/mol. The Morgan fingerprint density at radius 2 is 1.85 bits per heavy atom. The first-order valence-corrected chi connectivity index (χ1v) is 6.64. The SMILES string of the molecule is CC(C)Cn1nc(C(C)C(=O)O)c2ccccc2c1=O. The number of nitrogens with zero attached hydrogens (tertiary/aromatic N) is 2. The zero-order valence-corrected chi connectivity index (χ0v) is 11.8. The van der Waals surface area contributed by atoms with Crippen LogP contribution in [-0.2, 0) is 11.3 Å². The second-order valence-electron chi connectivity index (χ2n) is 5.37. The van der Waals surface area contributed by atoms with Gasteiger partial charge in [-0.2, -0.15) is 5.10 Å². The largest absolute Gasteiger partial charge is 0.481 e. The van der Waals surface area contributed by atoms with Gasteiger partial charge in [-0.1, -0.05) is 32.0 Å². The Labute approximate surface area is 116 Å². The molecular formula is C15H18N2O3. The van der Waals surface area contributed by atoms with Crippen molar-refractivity contribution >= 4 is 16.7 Å². The molecule has 0 amide bonds. The van der Waals surface area contributed by atoms with Gasteiger partial charge in [-0.05, 0) is 18.9 Å². The molecule has 20 heavy (non-hydrogen) atoms. The zero-order valence-electron chi connectivity index (χ0n) is 11.8. The molecule has 0 spiro atoms. The smallest absolute Gasteiger partial charge is 0.312 e. The first kappa shape index (κ1) is 14.2. The fourth-order valence-corrected chi connectivity index (χ4v) is 2.17. The van der Waals surface area contributed by atoms with Gasteiger partial charge in [-0.15, -0.1) is 0 Å². The summed E-state index contributed by atoms with van der Waals surface area (Å²) in [6.07, 6.45) is 0. The predicted octanol–water partition coefficient (Wildman–Crippen LogP) is 2.24. The maximum atomic E-state index is 12.4. The third-order valence-corrected chi connectivity index (χ3v) is 3.21. The topological polar surface area (TPSA) is 72.2 Å². The second-order valence-corrected chi connectivity index (χ2v) is 5.37. The maximum absolute atomic E-state index is 12.4. The summed E-state index contributed by atoms with van der Waals surface area (Å²) < 4.78 is 1.38. The summed E-state index contributed by atoms with van der Waals surface area (Å²) in [7, 11) is 0. The number of hydrogen-bond acceptors (Lipinski definition) is 3. The van der Waals surface area contributed by atoms with E-state index in [0.29, 0.717) is 23.0 Å². The average Bonchev–Trinajstić information content (AvgIpc) is 2.40. The van der Waals surface area contributed by atoms with Crippen molar-refractivity contribution in [3.8, 4) is 0 Å². The molecule has 1 atom stereocenters. The van der Waals surface area contributed by atoms with E-state index in [9.17, 15) is 14.7 Å². The highest BCUT2D eigenvalue weighted by atomic mass is 16.4. The summed E-state index contributed by atoms with van der Waals surface area (Å²) in [5.41, 5.74) is 0.268. The van der Waals surface area contributed by atoms with Crippen molar-refractivity contribution in [1.82, 2.24) is 9.78 Å². The van der Waals surface area contributed by atoms with Crippen LogP contribution >= 0.6 is 0 Å². The molecule has 1 heterocycles. The van der Waals surface area contributed by atoms with Gasteiger partial charge in [0.05, 0.1) is 17.0 Å². The first-order valence-electron chi connectivity index (χ1n) is 6.64. The van der Waals surface area contributed by atoms with E-state index in [1.54, 1.807) is 31.2 Å². The van der Waals surface area contributed by atoms with Gasteiger partial charge in [0.25, 0.3) is 5.56 Å². The minimum Gasteiger partial charge on any atom is -0.481 e. The molecule has 0 saturated heterocycles. The van der Waals surface area contributed by atoms with E-state index in [-0.39, 0.29) is 11.5 Å². The van der Waals surface area contributed by atoms with Gasteiger partial charge in [0, 0.05) is 11.9 Å². The van der Waals surface area contributed by atoms with Crippen LogP contribution in [0.4, 0.5) is 0 Å². The molecule has 0 radical (unpaired) electrons. The van der Waals surface area contributed by atoms with Crippen molar-refractivity contribution in [3.05, 3.63) is 40.3 Å². The fraction of sp³-hybridized carbons (Fsp3) is 0.400. The Morgan fingerprint density at radius 1 is 1.25 bits per heavy atom. The van der Waals surface area contributed by atoms with Crippen LogP contribution in [0.3, 0.4) is 0 Å². The van der Waals surface area contributed by atoms with Gasteiger partial charge in [-0.3, -0.25) is 9.59 Å². The number of aromatic nitrogens is 2. The minimum absolute atomic E-state index is 0.171. The number of fused-ring (bicyclic) bond motifs is 1. The van der Waals surface area contributed by atoms with Gasteiger partial charge in [0.15, 0.2) is 0 Å². The van der Waals surface area contributed by atoms with E-state index in [0.717, 1.165) is 0 Å². The Morgan fingerprint density at radius 3 is 2.40 bits per heavy atom. The third-order valence-electron chi connectivity index (χ3n) is 3.21. The molecule has 5 heteroatoms. The normalized spacial score (nSPS) is 12.8. The van der Waals surface area contributed by atoms with E-state index >= 15 is 0 Å². The van der Waals surface area contributed by atoms with Crippen LogP contribution in [0.5, 0.6) is 0 Å². The molecule has 0 aliphatic carbocycles. The summed E-state index contributed by atoms with van der Waals surface area (Å²) in [6, 6.07) is 7.03. The van der Waals surface area contributed by atoms with Crippen molar-refractivity contribution in [2.24, 2.45) is 5.92 Å². The Kier molecular flexibility index (Phi) is 3.88. The molecule has 0 fully saturated rings. The molecule has 1 N–H and O–H groups in total. The third kappa shape index (κ3) is 2.57. The van der Waals surface area contributed by atoms with Crippen LogP contribution in [0.15, 0.2) is 29.1 Å². The summed E-state index contributed by atoms with van der Waals surface area (Å²) in [6.45, 7) is 6.04. The minimum atomic E-state index is -0.947. The highest BCUT2D eigenvalue weighted by Gasteiger charge is 2.21. The summed E-state index contributed by atoms with van der Waals surface area (Å²) in [5.74, 6) is -1.44. The first-order chi connectivity index (χ1) is 9.41. The van der Waals surface area contributed by atoms with Crippen LogP contribution in [0.2, 0.25) is 0 Å². The van der Waals surface area contributed by atoms with E-state index in [2.05, 4.69) is 5.10 Å². The van der Waals surface area contributed by atoms with Gasteiger partial charge in [0.1, 0.15) is 0 Å². The summed E-state index contributed by atoms with van der Waals surface area (Å²) >= 11 is 0. The van der Waals surface area contributed by atoms with Crippen molar-refractivity contribution < 1.29 is 9.90 Å². The molecule has 106 valence electrons. The maximum Gasteiger partial charge on any atom is 0.312 e. The lowest BCUT2D eigenvalue weighted by atomic mass is 10.0. The van der Waals surface area contributed by atoms with Crippen molar-refractivity contribution in [3.63, 3.8) is 0 Å². The molecule has 2 aromatic rings. The Balaban J connectivity index is 2.75. The van der Waals surface area contributed by atoms with E-state index in [1.165, 1.54) is 4.68 Å². The number of hydrogen-bond donors (Lipinski definition) is 1. The van der Waals surface area contributed by atoms with Gasteiger partial charge >= 0.3 is 5.97 Å². The lowest BCUT2D eigenvalue weighted by Gasteiger charge is -2.14. The molecule has 1 unspecified atom stereocenters. The number of carbonyl (C=O) groups is 1. The Hall–Kier alpha value is -2.17. The monoisotopic (exact) mass is 274 g/mol. The van der Waals surface area contributed by atoms with Crippen molar-refractivity contribution in [2.75, 3.05) is 0 Å². The van der Waals surface area contributed by atoms with Gasteiger partial charge < -0.3 is 5.11 Å². The summed E-state index contributed by atoms with van der Waals surface area (Å²) in [4.78, 5) is 23.6.